The number of hydrogen-bond acceptors (Lipinski definition) is 7. The maximum absolute atomic E-state index is 13.4. The molecule has 1 aromatic carbocycles. The molecule has 2 amide bonds. The van der Waals surface area contributed by atoms with E-state index >= 15 is 0 Å². The van der Waals surface area contributed by atoms with Gasteiger partial charge in [0.1, 0.15) is 5.69 Å². The number of carbonyl (C=O) groups excluding carboxylic acids is 2. The Bertz CT molecular complexity index is 1150. The number of rotatable bonds is 10. The van der Waals surface area contributed by atoms with Crippen molar-refractivity contribution in [3.63, 3.8) is 0 Å². The summed E-state index contributed by atoms with van der Waals surface area (Å²) in [7, 11) is 1.47. The number of methoxy groups -OCH3 is 1. The Morgan fingerprint density at radius 1 is 1.16 bits per heavy atom. The zero-order valence-corrected chi connectivity index (χ0v) is 23.1. The lowest BCUT2D eigenvalue weighted by Gasteiger charge is -2.28. The Morgan fingerprint density at radius 2 is 1.78 bits per heavy atom. The average molecular weight is 586 g/mol. The van der Waals surface area contributed by atoms with Crippen LogP contribution in [0.5, 0.6) is 0 Å². The van der Waals surface area contributed by atoms with E-state index in [1.54, 1.807) is 6.92 Å². The number of likely N-dealkylation sites (N-methyl/N-ethyl adjacent to an activating group) is 1. The summed E-state index contributed by atoms with van der Waals surface area (Å²) in [6, 6.07) is 2.14. The van der Waals surface area contributed by atoms with E-state index in [1.165, 1.54) is 31.9 Å². The third-order valence-electron chi connectivity index (χ3n) is 5.34. The number of alkyl halides is 3. The first kappa shape index (κ1) is 31.3. The second-order valence-corrected chi connectivity index (χ2v) is 10.7. The number of aromatic nitrogens is 1. The van der Waals surface area contributed by atoms with Crippen LogP contribution >= 0.6 is 34.5 Å². The van der Waals surface area contributed by atoms with Gasteiger partial charge in [0.05, 0.1) is 27.1 Å². The molecule has 8 nitrogen and oxygen atoms in total. The number of carbonyl (C=O) groups is 2. The van der Waals surface area contributed by atoms with Gasteiger partial charge in [-0.25, -0.2) is 4.98 Å². The van der Waals surface area contributed by atoms with E-state index in [4.69, 9.17) is 27.9 Å². The number of aliphatic hydroxyl groups is 2. The molecule has 1 atom stereocenters. The number of thiazole rings is 1. The van der Waals surface area contributed by atoms with Crippen LogP contribution in [0.25, 0.3) is 10.4 Å². The van der Waals surface area contributed by atoms with Crippen molar-refractivity contribution in [1.29, 1.82) is 0 Å². The third-order valence-corrected chi connectivity index (χ3v) is 7.31. The molecule has 14 heteroatoms. The summed E-state index contributed by atoms with van der Waals surface area (Å²) in [5, 5.41) is 21.5. The third kappa shape index (κ3) is 7.12. The Morgan fingerprint density at radius 3 is 2.30 bits per heavy atom. The van der Waals surface area contributed by atoms with E-state index < -0.39 is 39.8 Å². The Balaban J connectivity index is 2.67. The van der Waals surface area contributed by atoms with E-state index in [9.17, 15) is 33.0 Å². The SMILES string of the molecule is CCN(CCOC)C(=O)c1nc(C(=O)NCC(C)(C)O)sc1-c1ccc(C(C)(O)C(F)(F)F)c(Cl)c1Cl. The summed E-state index contributed by atoms with van der Waals surface area (Å²) >= 11 is 13.3. The lowest BCUT2D eigenvalue weighted by molar-refractivity contribution is -0.258. The highest BCUT2D eigenvalue weighted by Crippen LogP contribution is 2.47. The van der Waals surface area contributed by atoms with Crippen molar-refractivity contribution in [2.45, 2.75) is 45.1 Å². The lowest BCUT2D eigenvalue weighted by atomic mass is 9.94. The van der Waals surface area contributed by atoms with E-state index in [-0.39, 0.29) is 52.4 Å². The van der Waals surface area contributed by atoms with Gasteiger partial charge < -0.3 is 25.2 Å². The fourth-order valence-corrected chi connectivity index (χ4v) is 4.79. The maximum Gasteiger partial charge on any atom is 0.421 e. The van der Waals surface area contributed by atoms with Gasteiger partial charge in [0.25, 0.3) is 11.8 Å². The summed E-state index contributed by atoms with van der Waals surface area (Å²) in [4.78, 5) is 31.8. The molecular formula is C23H28Cl2F3N3O5S. The minimum absolute atomic E-state index is 0.0542. The van der Waals surface area contributed by atoms with Crippen LogP contribution in [0.2, 0.25) is 10.0 Å². The van der Waals surface area contributed by atoms with Crippen LogP contribution in [0.1, 0.15) is 53.5 Å². The van der Waals surface area contributed by atoms with E-state index in [2.05, 4.69) is 10.3 Å². The van der Waals surface area contributed by atoms with Crippen molar-refractivity contribution < 1.29 is 37.7 Å². The molecule has 37 heavy (non-hydrogen) atoms. The predicted molar refractivity (Wildman–Crippen MR) is 135 cm³/mol. The molecule has 206 valence electrons. The van der Waals surface area contributed by atoms with Crippen molar-refractivity contribution in [2.24, 2.45) is 0 Å². The second-order valence-electron chi connectivity index (χ2n) is 8.93. The van der Waals surface area contributed by atoms with Crippen LogP contribution < -0.4 is 5.32 Å². The monoisotopic (exact) mass is 585 g/mol. The van der Waals surface area contributed by atoms with Gasteiger partial charge in [0.15, 0.2) is 10.6 Å². The summed E-state index contributed by atoms with van der Waals surface area (Å²) in [5.74, 6) is -1.24. The van der Waals surface area contributed by atoms with Crippen LogP contribution in [0.3, 0.4) is 0 Å². The van der Waals surface area contributed by atoms with Crippen LogP contribution in [0.15, 0.2) is 12.1 Å². The smallest absolute Gasteiger partial charge is 0.389 e. The molecule has 0 spiro atoms. The quantitative estimate of drug-likeness (QED) is 0.378. The Labute approximate surface area is 226 Å². The van der Waals surface area contributed by atoms with Crippen LogP contribution in [0.4, 0.5) is 13.2 Å². The molecule has 0 saturated carbocycles. The summed E-state index contributed by atoms with van der Waals surface area (Å²) < 4.78 is 45.3. The standard InChI is InChI=1S/C23H28Cl2F3N3O5S/c1-6-31(9-10-36-5)20(33)16-17(37-19(30-16)18(32)29-11-21(2,3)34)12-7-8-13(15(25)14(12)24)22(4,35)23(26,27)28/h7-8,34-35H,6,9-11H2,1-5H3,(H,29,32). The zero-order valence-electron chi connectivity index (χ0n) is 20.8. The van der Waals surface area contributed by atoms with Gasteiger partial charge in [-0.2, -0.15) is 13.2 Å². The van der Waals surface area contributed by atoms with Crippen molar-refractivity contribution >= 4 is 46.4 Å². The minimum atomic E-state index is -5.04. The fourth-order valence-electron chi connectivity index (χ4n) is 3.12. The van der Waals surface area contributed by atoms with Crippen molar-refractivity contribution in [2.75, 3.05) is 33.4 Å². The van der Waals surface area contributed by atoms with Gasteiger partial charge in [-0.1, -0.05) is 35.3 Å². The number of amides is 2. The zero-order chi connectivity index (χ0) is 28.3. The van der Waals surface area contributed by atoms with Gasteiger partial charge in [-0.05, 0) is 27.7 Å². The molecule has 0 fully saturated rings. The molecule has 2 rings (SSSR count). The van der Waals surface area contributed by atoms with Gasteiger partial charge in [-0.15, -0.1) is 11.3 Å². The molecular weight excluding hydrogens is 558 g/mol. The summed E-state index contributed by atoms with van der Waals surface area (Å²) in [5.41, 5.74) is -5.29. The molecule has 0 aliphatic heterocycles. The molecule has 0 saturated heterocycles. The number of halogens is 5. The molecule has 3 N–H and O–H groups in total. The number of nitrogens with one attached hydrogen (secondary N) is 1. The van der Waals surface area contributed by atoms with Gasteiger partial charge >= 0.3 is 6.18 Å². The van der Waals surface area contributed by atoms with Gasteiger partial charge in [0, 0.05) is 37.9 Å². The number of benzene rings is 1. The van der Waals surface area contributed by atoms with Crippen LogP contribution in [-0.2, 0) is 10.3 Å². The van der Waals surface area contributed by atoms with Gasteiger partial charge in [0.2, 0.25) is 0 Å². The maximum atomic E-state index is 13.4. The van der Waals surface area contributed by atoms with E-state index in [1.807, 2.05) is 0 Å². The van der Waals surface area contributed by atoms with Crippen molar-refractivity contribution in [3.05, 3.63) is 38.4 Å². The molecule has 1 unspecified atom stereocenters. The molecule has 0 aliphatic carbocycles. The van der Waals surface area contributed by atoms with Crippen LogP contribution in [-0.4, -0.2) is 77.0 Å². The van der Waals surface area contributed by atoms with Crippen LogP contribution in [0, 0.1) is 0 Å². The molecule has 0 radical (unpaired) electrons. The van der Waals surface area contributed by atoms with Crippen molar-refractivity contribution in [3.8, 4) is 10.4 Å². The highest BCUT2D eigenvalue weighted by molar-refractivity contribution is 7.17. The number of hydrogen-bond donors (Lipinski definition) is 3. The largest absolute Gasteiger partial charge is 0.421 e. The molecule has 1 heterocycles. The Kier molecular flexibility index (Phi) is 10.00. The first-order valence-corrected chi connectivity index (χ1v) is 12.6. The summed E-state index contributed by atoms with van der Waals surface area (Å²) in [6.07, 6.45) is -5.04. The number of ether oxygens (including phenoxy) is 1. The topological polar surface area (TPSA) is 112 Å². The lowest BCUT2D eigenvalue weighted by Crippen LogP contribution is -2.39. The molecule has 0 aliphatic rings. The summed E-state index contributed by atoms with van der Waals surface area (Å²) in [6.45, 7) is 5.87. The first-order chi connectivity index (χ1) is 17.0. The van der Waals surface area contributed by atoms with E-state index in [0.717, 1.165) is 17.4 Å². The Hall–Kier alpha value is -1.96. The number of nitrogens with zero attached hydrogens (tertiary/aromatic N) is 2. The minimum Gasteiger partial charge on any atom is -0.389 e. The highest BCUT2D eigenvalue weighted by Gasteiger charge is 2.52. The molecule has 1 aromatic heterocycles. The molecule has 0 bridgehead atoms. The predicted octanol–water partition coefficient (Wildman–Crippen LogP) is 4.50. The van der Waals surface area contributed by atoms with Gasteiger partial charge in [-0.3, -0.25) is 9.59 Å². The fraction of sp³-hybridized carbons (Fsp3) is 0.522. The highest BCUT2D eigenvalue weighted by atomic mass is 35.5. The molecule has 2 aromatic rings. The van der Waals surface area contributed by atoms with E-state index in [0.29, 0.717) is 6.92 Å². The first-order valence-electron chi connectivity index (χ1n) is 11.0. The normalized spacial score (nSPS) is 13.8. The van der Waals surface area contributed by atoms with Crippen molar-refractivity contribution in [1.82, 2.24) is 15.2 Å². The average Bonchev–Trinajstić information content (AvgIpc) is 3.23. The second kappa shape index (κ2) is 11.8.